The van der Waals surface area contributed by atoms with Crippen LogP contribution in [0.25, 0.3) is 0 Å². The smallest absolute Gasteiger partial charge is 0.147 e. The number of hydrogen-bond donors (Lipinski definition) is 0. The second-order valence-electron chi connectivity index (χ2n) is 10.1. The van der Waals surface area contributed by atoms with Crippen molar-refractivity contribution in [1.82, 2.24) is 0 Å². The first kappa shape index (κ1) is 36.6. The van der Waals surface area contributed by atoms with E-state index in [1.165, 1.54) is 0 Å². The van der Waals surface area contributed by atoms with E-state index in [9.17, 15) is 0 Å². The molecular formula is C36H40O8S4. The van der Waals surface area contributed by atoms with Crippen molar-refractivity contribution >= 4 is 47.0 Å². The maximum Gasteiger partial charge on any atom is 0.147 e. The molecule has 8 nitrogen and oxygen atoms in total. The highest BCUT2D eigenvalue weighted by molar-refractivity contribution is 8.01. The van der Waals surface area contributed by atoms with Gasteiger partial charge in [0.05, 0.1) is 65.6 Å². The first-order valence-electron chi connectivity index (χ1n) is 15.4. The Morgan fingerprint density at radius 2 is 0.500 bits per heavy atom. The SMILES string of the molecule is COCCOc1c2cccc1Sc1cccc(c1OCCOC)Sc1cccc(c1OCCOC)Sc1cccc(c1OCCOC)S2. The standard InChI is InChI=1S/C36H40O8S4/c1-37-17-21-41-33-25-9-5-10-26(33)46-28-12-7-14-30(35(28)43-23-19-39-3)48-32-16-8-15-31(36(32)44-24-20-40-4)47-29-13-6-11-27(45-25)34(29)42-22-18-38-2/h5-16H,17-24H2,1-4H3. The molecule has 4 aromatic carbocycles. The molecule has 1 heterocycles. The van der Waals surface area contributed by atoms with Crippen LogP contribution in [0.5, 0.6) is 23.0 Å². The second kappa shape index (κ2) is 19.5. The van der Waals surface area contributed by atoms with E-state index in [0.717, 1.165) is 62.2 Å². The Morgan fingerprint density at radius 1 is 0.312 bits per heavy atom. The van der Waals surface area contributed by atoms with Gasteiger partial charge in [-0.25, -0.2) is 0 Å². The van der Waals surface area contributed by atoms with Crippen LogP contribution >= 0.6 is 47.0 Å². The number of hydrogen-bond acceptors (Lipinski definition) is 12. The fourth-order valence-corrected chi connectivity index (χ4v) is 9.05. The van der Waals surface area contributed by atoms with Gasteiger partial charge in [-0.05, 0) is 48.5 Å². The summed E-state index contributed by atoms with van der Waals surface area (Å²) in [6, 6.07) is 24.8. The van der Waals surface area contributed by atoms with Gasteiger partial charge in [0.2, 0.25) is 0 Å². The molecule has 4 aromatic rings. The second-order valence-corrected chi connectivity index (χ2v) is 14.4. The molecule has 0 saturated carbocycles. The molecule has 0 aliphatic carbocycles. The summed E-state index contributed by atoms with van der Waals surface area (Å²) in [5.74, 6) is 3.10. The molecule has 0 radical (unpaired) electrons. The number of para-hydroxylation sites is 4. The molecule has 256 valence electrons. The molecule has 12 heteroatoms. The van der Waals surface area contributed by atoms with Crippen molar-refractivity contribution in [3.63, 3.8) is 0 Å². The summed E-state index contributed by atoms with van der Waals surface area (Å²) in [7, 11) is 6.69. The number of rotatable bonds is 16. The van der Waals surface area contributed by atoms with E-state index in [1.807, 2.05) is 0 Å². The molecule has 5 rings (SSSR count). The van der Waals surface area contributed by atoms with Crippen LogP contribution in [0.2, 0.25) is 0 Å². The molecule has 0 saturated heterocycles. The van der Waals surface area contributed by atoms with Gasteiger partial charge in [-0.3, -0.25) is 0 Å². The van der Waals surface area contributed by atoms with Crippen LogP contribution in [0.4, 0.5) is 0 Å². The highest BCUT2D eigenvalue weighted by Crippen LogP contribution is 2.53. The van der Waals surface area contributed by atoms with Crippen molar-refractivity contribution in [2.24, 2.45) is 0 Å². The third kappa shape index (κ3) is 9.72. The zero-order chi connectivity index (χ0) is 33.6. The molecule has 0 fully saturated rings. The van der Waals surface area contributed by atoms with Crippen LogP contribution in [-0.4, -0.2) is 81.3 Å². The van der Waals surface area contributed by atoms with E-state index < -0.39 is 0 Å². The fraction of sp³-hybridized carbons (Fsp3) is 0.333. The molecule has 0 atom stereocenters. The Kier molecular flexibility index (Phi) is 14.9. The Balaban J connectivity index is 1.70. The van der Waals surface area contributed by atoms with Crippen molar-refractivity contribution in [3.8, 4) is 23.0 Å². The van der Waals surface area contributed by atoms with E-state index in [-0.39, 0.29) is 0 Å². The van der Waals surface area contributed by atoms with Gasteiger partial charge >= 0.3 is 0 Å². The van der Waals surface area contributed by atoms with Gasteiger partial charge in [0.15, 0.2) is 0 Å². The zero-order valence-corrected chi connectivity index (χ0v) is 30.8. The molecule has 0 unspecified atom stereocenters. The molecule has 1 aliphatic rings. The number of ether oxygens (including phenoxy) is 8. The Hall–Kier alpha value is -2.68. The normalized spacial score (nSPS) is 12.4. The summed E-state index contributed by atoms with van der Waals surface area (Å²) in [4.78, 5) is 7.67. The van der Waals surface area contributed by atoms with Crippen LogP contribution in [0.1, 0.15) is 0 Å². The summed E-state index contributed by atoms with van der Waals surface area (Å²) in [5, 5.41) is 0. The van der Waals surface area contributed by atoms with Gasteiger partial charge in [0.1, 0.15) is 49.4 Å². The molecule has 0 amide bonds. The average molecular weight is 729 g/mol. The van der Waals surface area contributed by atoms with E-state index in [1.54, 1.807) is 75.5 Å². The van der Waals surface area contributed by atoms with Crippen LogP contribution in [0.15, 0.2) is 112 Å². The van der Waals surface area contributed by atoms with E-state index >= 15 is 0 Å². The van der Waals surface area contributed by atoms with Crippen LogP contribution < -0.4 is 18.9 Å². The third-order valence-electron chi connectivity index (χ3n) is 6.79. The van der Waals surface area contributed by atoms with Gasteiger partial charge in [0, 0.05) is 28.4 Å². The average Bonchev–Trinajstić information content (AvgIpc) is 3.09. The van der Waals surface area contributed by atoms with Gasteiger partial charge in [-0.1, -0.05) is 71.3 Å². The van der Waals surface area contributed by atoms with Crippen LogP contribution in [0, 0.1) is 0 Å². The monoisotopic (exact) mass is 728 g/mol. The highest BCUT2D eigenvalue weighted by Gasteiger charge is 2.23. The molecule has 0 aromatic heterocycles. The summed E-state index contributed by atoms with van der Waals surface area (Å²) >= 11 is 6.42. The minimum atomic E-state index is 0.405. The van der Waals surface area contributed by atoms with Crippen molar-refractivity contribution < 1.29 is 37.9 Å². The van der Waals surface area contributed by atoms with E-state index in [2.05, 4.69) is 72.8 Å². The number of fused-ring (bicyclic) bond motifs is 8. The molecule has 1 aliphatic heterocycles. The predicted molar refractivity (Wildman–Crippen MR) is 192 cm³/mol. The van der Waals surface area contributed by atoms with Gasteiger partial charge < -0.3 is 37.9 Å². The largest absolute Gasteiger partial charge is 0.489 e. The third-order valence-corrected chi connectivity index (χ3v) is 11.1. The lowest BCUT2D eigenvalue weighted by atomic mass is 10.3. The summed E-state index contributed by atoms with van der Waals surface area (Å²) < 4.78 is 47.2. The first-order chi connectivity index (χ1) is 23.7. The van der Waals surface area contributed by atoms with Crippen molar-refractivity contribution in [1.29, 1.82) is 0 Å². The fourth-order valence-electron chi connectivity index (χ4n) is 4.58. The van der Waals surface area contributed by atoms with Crippen LogP contribution in [-0.2, 0) is 18.9 Å². The highest BCUT2D eigenvalue weighted by atomic mass is 32.2. The zero-order valence-electron chi connectivity index (χ0n) is 27.5. The number of methoxy groups -OCH3 is 4. The van der Waals surface area contributed by atoms with Gasteiger partial charge in [-0.15, -0.1) is 0 Å². The van der Waals surface area contributed by atoms with Crippen LogP contribution in [0.3, 0.4) is 0 Å². The lowest BCUT2D eigenvalue weighted by Gasteiger charge is -2.21. The quantitative estimate of drug-likeness (QED) is 0.0913. The maximum absolute atomic E-state index is 6.45. The lowest BCUT2D eigenvalue weighted by molar-refractivity contribution is 0.142. The Morgan fingerprint density at radius 3 is 0.667 bits per heavy atom. The molecule has 8 bridgehead atoms. The molecule has 48 heavy (non-hydrogen) atoms. The minimum absolute atomic E-state index is 0.405. The summed E-state index contributed by atoms with van der Waals surface area (Å²) in [6.07, 6.45) is 0. The van der Waals surface area contributed by atoms with Crippen molar-refractivity contribution in [2.75, 3.05) is 81.3 Å². The lowest BCUT2D eigenvalue weighted by Crippen LogP contribution is -2.08. The van der Waals surface area contributed by atoms with Gasteiger partial charge in [-0.2, -0.15) is 0 Å². The summed E-state index contributed by atoms with van der Waals surface area (Å²) in [5.41, 5.74) is 0. The predicted octanol–water partition coefficient (Wildman–Crippen LogP) is 8.71. The molecular weight excluding hydrogens is 689 g/mol. The molecule has 0 N–H and O–H groups in total. The van der Waals surface area contributed by atoms with E-state index in [4.69, 9.17) is 37.9 Å². The topological polar surface area (TPSA) is 73.8 Å². The summed E-state index contributed by atoms with van der Waals surface area (Å²) in [6.45, 7) is 3.47. The first-order valence-corrected chi connectivity index (χ1v) is 18.6. The Labute approximate surface area is 299 Å². The minimum Gasteiger partial charge on any atom is -0.489 e. The van der Waals surface area contributed by atoms with Gasteiger partial charge in [0.25, 0.3) is 0 Å². The molecule has 0 spiro atoms. The van der Waals surface area contributed by atoms with E-state index in [0.29, 0.717) is 52.9 Å². The van der Waals surface area contributed by atoms with Crippen molar-refractivity contribution in [2.45, 2.75) is 39.2 Å². The Bertz CT molecular complexity index is 1300. The van der Waals surface area contributed by atoms with Crippen molar-refractivity contribution in [3.05, 3.63) is 72.8 Å². The maximum atomic E-state index is 6.45. The number of benzene rings is 4.